The van der Waals surface area contributed by atoms with Crippen molar-refractivity contribution in [2.45, 2.75) is 13.5 Å². The fourth-order valence-electron chi connectivity index (χ4n) is 2.54. The summed E-state index contributed by atoms with van der Waals surface area (Å²) in [7, 11) is 0. The number of amides is 2. The average molecular weight is 423 g/mol. The van der Waals surface area contributed by atoms with Crippen molar-refractivity contribution in [3.63, 3.8) is 0 Å². The first-order chi connectivity index (χ1) is 14.9. The second-order valence-electron chi connectivity index (χ2n) is 6.50. The fourth-order valence-corrected chi connectivity index (χ4v) is 2.54. The molecule has 3 aromatic rings. The number of carbonyl (C=O) groups excluding carboxylic acids is 2. The summed E-state index contributed by atoms with van der Waals surface area (Å²) in [6.45, 7) is 1.76. The monoisotopic (exact) mass is 423 g/mol. The molecule has 2 amide bonds. The minimum atomic E-state index is -0.964. The van der Waals surface area contributed by atoms with E-state index < -0.39 is 17.6 Å². The average Bonchev–Trinajstić information content (AvgIpc) is 2.78. The fraction of sp³-hybridized carbons (Fsp3) is 0.0870. The first-order valence-electron chi connectivity index (χ1n) is 9.30. The van der Waals surface area contributed by atoms with Crippen molar-refractivity contribution in [1.29, 1.82) is 0 Å². The molecule has 0 radical (unpaired) electrons. The van der Waals surface area contributed by atoms with Crippen LogP contribution in [0.1, 0.15) is 18.1 Å². The lowest BCUT2D eigenvalue weighted by molar-refractivity contribution is -0.136. The van der Waals surface area contributed by atoms with Crippen molar-refractivity contribution in [2.75, 3.05) is 5.32 Å². The molecule has 0 bridgehead atoms. The number of hydrazone groups is 1. The van der Waals surface area contributed by atoms with Gasteiger partial charge in [0.05, 0.1) is 5.71 Å². The highest BCUT2D eigenvalue weighted by atomic mass is 19.1. The van der Waals surface area contributed by atoms with Gasteiger partial charge in [-0.15, -0.1) is 0 Å². The summed E-state index contributed by atoms with van der Waals surface area (Å²) in [5.74, 6) is -2.14. The third-order valence-electron chi connectivity index (χ3n) is 4.26. The van der Waals surface area contributed by atoms with Crippen LogP contribution in [0.3, 0.4) is 0 Å². The van der Waals surface area contributed by atoms with E-state index in [0.717, 1.165) is 0 Å². The lowest BCUT2D eigenvalue weighted by Gasteiger charge is -2.08. The largest absolute Gasteiger partial charge is 0.489 e. The zero-order chi connectivity index (χ0) is 22.2. The molecule has 31 heavy (non-hydrogen) atoms. The summed E-state index contributed by atoms with van der Waals surface area (Å²) in [4.78, 5) is 23.8. The van der Waals surface area contributed by atoms with Crippen LogP contribution >= 0.6 is 0 Å². The van der Waals surface area contributed by atoms with E-state index in [-0.39, 0.29) is 18.1 Å². The number of benzene rings is 3. The van der Waals surface area contributed by atoms with Gasteiger partial charge in [0.1, 0.15) is 24.0 Å². The Bertz CT molecular complexity index is 1100. The Morgan fingerprint density at radius 3 is 2.26 bits per heavy atom. The highest BCUT2D eigenvalue weighted by Crippen LogP contribution is 2.16. The van der Waals surface area contributed by atoms with E-state index >= 15 is 0 Å². The maximum Gasteiger partial charge on any atom is 0.329 e. The summed E-state index contributed by atoms with van der Waals surface area (Å²) in [5.41, 5.74) is 4.06. The predicted octanol–water partition coefficient (Wildman–Crippen LogP) is 4.02. The van der Waals surface area contributed by atoms with Crippen LogP contribution < -0.4 is 15.5 Å². The van der Waals surface area contributed by atoms with Gasteiger partial charge in [-0.2, -0.15) is 5.10 Å². The highest BCUT2D eigenvalue weighted by Gasteiger charge is 2.13. The van der Waals surface area contributed by atoms with E-state index in [4.69, 9.17) is 4.74 Å². The summed E-state index contributed by atoms with van der Waals surface area (Å²) in [6.07, 6.45) is 0. The molecule has 0 fully saturated rings. The van der Waals surface area contributed by atoms with E-state index in [9.17, 15) is 18.4 Å². The van der Waals surface area contributed by atoms with Crippen LogP contribution in [0.2, 0.25) is 0 Å². The Balaban J connectivity index is 1.53. The lowest BCUT2D eigenvalue weighted by atomic mass is 10.1. The van der Waals surface area contributed by atoms with Gasteiger partial charge in [0.15, 0.2) is 0 Å². The molecule has 0 unspecified atom stereocenters. The SMILES string of the molecule is C/C(=N\NC(=O)C(=O)Nc1ccc(F)cc1)c1ccc(OCc2ccccc2F)cc1. The topological polar surface area (TPSA) is 79.8 Å². The molecule has 0 aromatic heterocycles. The van der Waals surface area contributed by atoms with Gasteiger partial charge in [0.25, 0.3) is 0 Å². The molecule has 0 heterocycles. The normalized spacial score (nSPS) is 11.0. The molecular formula is C23H19F2N3O3. The standard InChI is InChI=1S/C23H19F2N3O3/c1-15(27-28-23(30)22(29)26-19-10-8-18(24)9-11-19)16-6-12-20(13-7-16)31-14-17-4-2-3-5-21(17)25/h2-13H,14H2,1H3,(H,26,29)(H,28,30)/b27-15+. The molecular weight excluding hydrogens is 404 g/mol. The Kier molecular flexibility index (Phi) is 7.05. The summed E-state index contributed by atoms with van der Waals surface area (Å²) >= 11 is 0. The number of hydrogen-bond acceptors (Lipinski definition) is 4. The predicted molar refractivity (Wildman–Crippen MR) is 113 cm³/mol. The van der Waals surface area contributed by atoms with Gasteiger partial charge in [-0.05, 0) is 67.1 Å². The van der Waals surface area contributed by atoms with Crippen molar-refractivity contribution in [3.05, 3.63) is 95.6 Å². The Morgan fingerprint density at radius 2 is 1.58 bits per heavy atom. The minimum absolute atomic E-state index is 0.0956. The van der Waals surface area contributed by atoms with Crippen LogP contribution in [0.15, 0.2) is 77.9 Å². The van der Waals surface area contributed by atoms with Crippen molar-refractivity contribution in [1.82, 2.24) is 5.43 Å². The number of anilines is 1. The maximum atomic E-state index is 13.6. The molecule has 2 N–H and O–H groups in total. The van der Waals surface area contributed by atoms with Gasteiger partial charge in [-0.3, -0.25) is 9.59 Å². The number of nitrogens with one attached hydrogen (secondary N) is 2. The molecule has 0 saturated heterocycles. The van der Waals surface area contributed by atoms with Crippen molar-refractivity contribution >= 4 is 23.2 Å². The number of hydrogen-bond donors (Lipinski definition) is 2. The van der Waals surface area contributed by atoms with Gasteiger partial charge in [0, 0.05) is 11.3 Å². The van der Waals surface area contributed by atoms with E-state index in [0.29, 0.717) is 22.6 Å². The van der Waals surface area contributed by atoms with Crippen molar-refractivity contribution in [2.24, 2.45) is 5.10 Å². The quantitative estimate of drug-likeness (QED) is 0.357. The third kappa shape index (κ3) is 6.20. The zero-order valence-electron chi connectivity index (χ0n) is 16.6. The van der Waals surface area contributed by atoms with E-state index in [1.807, 2.05) is 0 Å². The van der Waals surface area contributed by atoms with Gasteiger partial charge in [0.2, 0.25) is 0 Å². The number of rotatable bonds is 6. The summed E-state index contributed by atoms with van der Waals surface area (Å²) in [6, 6.07) is 18.2. The Morgan fingerprint density at radius 1 is 0.903 bits per heavy atom. The highest BCUT2D eigenvalue weighted by molar-refractivity contribution is 6.39. The lowest BCUT2D eigenvalue weighted by Crippen LogP contribution is -2.32. The first-order valence-corrected chi connectivity index (χ1v) is 9.30. The first kappa shape index (κ1) is 21.6. The molecule has 0 aliphatic rings. The van der Waals surface area contributed by atoms with Crippen LogP contribution in [0.25, 0.3) is 0 Å². The van der Waals surface area contributed by atoms with Gasteiger partial charge in [-0.25, -0.2) is 14.2 Å². The molecule has 0 atom stereocenters. The number of halogens is 2. The minimum Gasteiger partial charge on any atom is -0.489 e. The van der Waals surface area contributed by atoms with Crippen LogP contribution in [-0.4, -0.2) is 17.5 Å². The van der Waals surface area contributed by atoms with Crippen molar-refractivity contribution < 1.29 is 23.1 Å². The molecule has 0 saturated carbocycles. The van der Waals surface area contributed by atoms with Gasteiger partial charge < -0.3 is 10.1 Å². The second-order valence-corrected chi connectivity index (χ2v) is 6.50. The van der Waals surface area contributed by atoms with Gasteiger partial charge in [-0.1, -0.05) is 18.2 Å². The molecule has 3 rings (SSSR count). The number of nitrogens with zero attached hydrogens (tertiary/aromatic N) is 1. The van der Waals surface area contributed by atoms with E-state index in [1.165, 1.54) is 30.3 Å². The molecule has 0 spiro atoms. The molecule has 6 nitrogen and oxygen atoms in total. The second kappa shape index (κ2) is 10.1. The van der Waals surface area contributed by atoms with Crippen LogP contribution in [-0.2, 0) is 16.2 Å². The van der Waals surface area contributed by atoms with E-state index in [1.54, 1.807) is 49.4 Å². The summed E-state index contributed by atoms with van der Waals surface area (Å²) < 4.78 is 32.1. The zero-order valence-corrected chi connectivity index (χ0v) is 16.6. The van der Waals surface area contributed by atoms with Crippen molar-refractivity contribution in [3.8, 4) is 5.75 Å². The Labute approximate surface area is 177 Å². The molecule has 0 aliphatic carbocycles. The van der Waals surface area contributed by atoms with Crippen LogP contribution in [0.5, 0.6) is 5.75 Å². The Hall–Kier alpha value is -4.07. The van der Waals surface area contributed by atoms with Crippen LogP contribution in [0.4, 0.5) is 14.5 Å². The molecule has 3 aromatic carbocycles. The molecule has 158 valence electrons. The number of carbonyl (C=O) groups is 2. The smallest absolute Gasteiger partial charge is 0.329 e. The maximum absolute atomic E-state index is 13.6. The van der Waals surface area contributed by atoms with Gasteiger partial charge >= 0.3 is 11.8 Å². The molecule has 8 heteroatoms. The van der Waals surface area contributed by atoms with E-state index in [2.05, 4.69) is 15.8 Å². The number of ether oxygens (including phenoxy) is 1. The molecule has 0 aliphatic heterocycles. The third-order valence-corrected chi connectivity index (χ3v) is 4.26. The summed E-state index contributed by atoms with van der Waals surface area (Å²) in [5, 5.41) is 6.25. The van der Waals surface area contributed by atoms with Crippen LogP contribution in [0, 0.1) is 11.6 Å².